The van der Waals surface area contributed by atoms with E-state index in [1.54, 1.807) is 18.2 Å². The highest BCUT2D eigenvalue weighted by Crippen LogP contribution is 2.20. The number of aromatic carboxylic acids is 1. The van der Waals surface area contributed by atoms with Crippen LogP contribution in [0.3, 0.4) is 0 Å². The average molecular weight is 268 g/mol. The molecule has 0 atom stereocenters. The van der Waals surface area contributed by atoms with Crippen LogP contribution in [0.4, 0.5) is 5.69 Å². The minimum atomic E-state index is -0.959. The highest BCUT2D eigenvalue weighted by molar-refractivity contribution is 9.10. The van der Waals surface area contributed by atoms with Gasteiger partial charge < -0.3 is 10.4 Å². The van der Waals surface area contributed by atoms with Crippen LogP contribution in [0.25, 0.3) is 0 Å². The van der Waals surface area contributed by atoms with Crippen molar-refractivity contribution in [3.05, 3.63) is 28.2 Å². The second kappa shape index (κ2) is 5.42. The van der Waals surface area contributed by atoms with Gasteiger partial charge in [-0.25, -0.2) is 4.79 Å². The number of rotatable bonds is 4. The molecule has 0 aliphatic heterocycles. The van der Waals surface area contributed by atoms with Gasteiger partial charge in [0.2, 0.25) is 0 Å². The molecule has 0 radical (unpaired) electrons. The lowest BCUT2D eigenvalue weighted by Gasteiger charge is -2.08. The predicted molar refractivity (Wildman–Crippen MR) is 63.0 cm³/mol. The molecule has 3 nitrogen and oxygen atoms in total. The molecule has 0 heterocycles. The third-order valence-electron chi connectivity index (χ3n) is 1.80. The molecule has 0 aliphatic rings. The molecule has 1 aromatic rings. The van der Waals surface area contributed by atoms with Crippen molar-refractivity contribution >= 4 is 27.6 Å². The molecule has 0 saturated heterocycles. The number of hydrogen-bond acceptors (Lipinski definition) is 2. The first-order valence-corrected chi connectivity index (χ1v) is 5.14. The summed E-state index contributed by atoms with van der Waals surface area (Å²) in [6, 6.07) is 5.05. The predicted octanol–water partition coefficient (Wildman–Crippen LogP) is 2.58. The minimum absolute atomic E-state index is 0.237. The van der Waals surface area contributed by atoms with E-state index in [-0.39, 0.29) is 5.56 Å². The molecule has 0 saturated carbocycles. The van der Waals surface area contributed by atoms with E-state index in [1.807, 2.05) is 0 Å². The standard InChI is InChI=1S/C11H10BrNO2/c1-2-3-6-13-10-5-4-8(12)7-9(10)11(14)15/h1,4-5,7,13H,3,6H2,(H,14,15). The van der Waals surface area contributed by atoms with Crippen LogP contribution in [-0.4, -0.2) is 17.6 Å². The maximum absolute atomic E-state index is 10.9. The molecule has 0 spiro atoms. The number of benzene rings is 1. The largest absolute Gasteiger partial charge is 0.478 e. The van der Waals surface area contributed by atoms with Crippen LogP contribution in [0.5, 0.6) is 0 Å². The Labute approximate surface area is 96.6 Å². The van der Waals surface area contributed by atoms with E-state index in [4.69, 9.17) is 11.5 Å². The van der Waals surface area contributed by atoms with Crippen LogP contribution in [0.2, 0.25) is 0 Å². The van der Waals surface area contributed by atoms with Crippen LogP contribution in [0.15, 0.2) is 22.7 Å². The fraction of sp³-hybridized carbons (Fsp3) is 0.182. The summed E-state index contributed by atoms with van der Waals surface area (Å²) < 4.78 is 0.738. The van der Waals surface area contributed by atoms with Crippen molar-refractivity contribution < 1.29 is 9.90 Å². The normalized spacial score (nSPS) is 9.33. The molecule has 0 unspecified atom stereocenters. The number of anilines is 1. The third-order valence-corrected chi connectivity index (χ3v) is 2.29. The van der Waals surface area contributed by atoms with E-state index in [0.717, 1.165) is 4.47 Å². The van der Waals surface area contributed by atoms with E-state index in [9.17, 15) is 4.79 Å². The van der Waals surface area contributed by atoms with Crippen molar-refractivity contribution in [3.8, 4) is 12.3 Å². The van der Waals surface area contributed by atoms with Gasteiger partial charge in [-0.2, -0.15) is 0 Å². The maximum atomic E-state index is 10.9. The van der Waals surface area contributed by atoms with Crippen LogP contribution in [0.1, 0.15) is 16.8 Å². The van der Waals surface area contributed by atoms with Crippen molar-refractivity contribution in [2.75, 3.05) is 11.9 Å². The van der Waals surface area contributed by atoms with E-state index < -0.39 is 5.97 Å². The third kappa shape index (κ3) is 3.30. The van der Waals surface area contributed by atoms with Crippen LogP contribution >= 0.6 is 15.9 Å². The summed E-state index contributed by atoms with van der Waals surface area (Å²) in [6.45, 7) is 0.568. The number of carboxylic acid groups (broad SMARTS) is 1. The van der Waals surface area contributed by atoms with Gasteiger partial charge in [0, 0.05) is 23.1 Å². The lowest BCUT2D eigenvalue weighted by molar-refractivity contribution is 0.0698. The van der Waals surface area contributed by atoms with Gasteiger partial charge in [-0.1, -0.05) is 15.9 Å². The zero-order valence-corrected chi connectivity index (χ0v) is 9.54. The highest BCUT2D eigenvalue weighted by atomic mass is 79.9. The Balaban J connectivity index is 2.87. The molecule has 1 aromatic carbocycles. The topological polar surface area (TPSA) is 49.3 Å². The van der Waals surface area contributed by atoms with Crippen molar-refractivity contribution in [1.29, 1.82) is 0 Å². The van der Waals surface area contributed by atoms with E-state index in [2.05, 4.69) is 27.2 Å². The summed E-state index contributed by atoms with van der Waals surface area (Å²) in [7, 11) is 0. The number of carbonyl (C=O) groups is 1. The number of hydrogen-bond donors (Lipinski definition) is 2. The number of nitrogens with one attached hydrogen (secondary N) is 1. The Bertz CT molecular complexity index is 410. The summed E-state index contributed by atoms with van der Waals surface area (Å²) in [5, 5.41) is 11.9. The smallest absolute Gasteiger partial charge is 0.337 e. The summed E-state index contributed by atoms with van der Waals surface area (Å²) in [5.41, 5.74) is 0.822. The van der Waals surface area contributed by atoms with Gasteiger partial charge >= 0.3 is 5.97 Å². The Kier molecular flexibility index (Phi) is 4.19. The summed E-state index contributed by atoms with van der Waals surface area (Å²) in [5.74, 6) is 1.52. The van der Waals surface area contributed by atoms with Crippen molar-refractivity contribution in [2.24, 2.45) is 0 Å². The van der Waals surface area contributed by atoms with E-state index in [0.29, 0.717) is 18.7 Å². The average Bonchev–Trinajstić information content (AvgIpc) is 2.20. The van der Waals surface area contributed by atoms with Gasteiger partial charge in [-0.15, -0.1) is 12.3 Å². The van der Waals surface area contributed by atoms with Crippen molar-refractivity contribution in [1.82, 2.24) is 0 Å². The van der Waals surface area contributed by atoms with Crippen LogP contribution in [-0.2, 0) is 0 Å². The molecule has 0 aliphatic carbocycles. The van der Waals surface area contributed by atoms with Crippen LogP contribution < -0.4 is 5.32 Å². The van der Waals surface area contributed by atoms with Gasteiger partial charge in [0.25, 0.3) is 0 Å². The molecule has 78 valence electrons. The Morgan fingerprint density at radius 2 is 2.33 bits per heavy atom. The Morgan fingerprint density at radius 3 is 2.93 bits per heavy atom. The zero-order valence-electron chi connectivity index (χ0n) is 7.96. The quantitative estimate of drug-likeness (QED) is 0.651. The molecule has 15 heavy (non-hydrogen) atoms. The van der Waals surface area contributed by atoms with Gasteiger partial charge in [-0.05, 0) is 18.2 Å². The van der Waals surface area contributed by atoms with Gasteiger partial charge in [0.1, 0.15) is 0 Å². The van der Waals surface area contributed by atoms with E-state index in [1.165, 1.54) is 0 Å². The minimum Gasteiger partial charge on any atom is -0.478 e. The number of halogens is 1. The Hall–Kier alpha value is -1.47. The SMILES string of the molecule is C#CCCNc1ccc(Br)cc1C(=O)O. The van der Waals surface area contributed by atoms with Crippen molar-refractivity contribution in [2.45, 2.75) is 6.42 Å². The first kappa shape index (κ1) is 11.6. The number of terminal acetylenes is 1. The lowest BCUT2D eigenvalue weighted by atomic mass is 10.2. The molecule has 0 bridgehead atoms. The van der Waals surface area contributed by atoms with E-state index >= 15 is 0 Å². The monoisotopic (exact) mass is 267 g/mol. The molecule has 4 heteroatoms. The molecular weight excluding hydrogens is 258 g/mol. The summed E-state index contributed by atoms with van der Waals surface area (Å²) >= 11 is 3.22. The zero-order chi connectivity index (χ0) is 11.3. The van der Waals surface area contributed by atoms with Crippen LogP contribution in [0, 0.1) is 12.3 Å². The molecule has 0 amide bonds. The summed E-state index contributed by atoms with van der Waals surface area (Å²) in [6.07, 6.45) is 5.67. The Morgan fingerprint density at radius 1 is 1.60 bits per heavy atom. The molecule has 2 N–H and O–H groups in total. The van der Waals surface area contributed by atoms with Gasteiger partial charge in [0.05, 0.1) is 5.56 Å². The fourth-order valence-electron chi connectivity index (χ4n) is 1.12. The molecular formula is C11H10BrNO2. The maximum Gasteiger partial charge on any atom is 0.337 e. The van der Waals surface area contributed by atoms with Gasteiger partial charge in [0.15, 0.2) is 0 Å². The molecule has 0 aromatic heterocycles. The molecule has 0 fully saturated rings. The number of carboxylic acids is 1. The second-order valence-corrected chi connectivity index (χ2v) is 3.79. The van der Waals surface area contributed by atoms with Gasteiger partial charge in [-0.3, -0.25) is 0 Å². The first-order chi connectivity index (χ1) is 7.15. The van der Waals surface area contributed by atoms with Crippen molar-refractivity contribution in [3.63, 3.8) is 0 Å². The molecule has 1 rings (SSSR count). The second-order valence-electron chi connectivity index (χ2n) is 2.88. The highest BCUT2D eigenvalue weighted by Gasteiger charge is 2.09. The fourth-order valence-corrected chi connectivity index (χ4v) is 1.48. The first-order valence-electron chi connectivity index (χ1n) is 4.35. The lowest BCUT2D eigenvalue weighted by Crippen LogP contribution is -2.07. The summed E-state index contributed by atoms with van der Waals surface area (Å²) in [4.78, 5) is 10.9.